The summed E-state index contributed by atoms with van der Waals surface area (Å²) in [4.78, 5) is 42.0. The van der Waals surface area contributed by atoms with E-state index in [1.165, 1.54) is 11.7 Å². The van der Waals surface area contributed by atoms with Gasteiger partial charge in [-0.25, -0.2) is 9.31 Å². The predicted octanol–water partition coefficient (Wildman–Crippen LogP) is 0.641. The van der Waals surface area contributed by atoms with Crippen LogP contribution in [0.25, 0.3) is 10.8 Å². The SMILES string of the molecule is Cc1nonc1CN1C(=O)C[C@H]2[C@@H]1CCN2C(=O)c1nn(C)c(=O)c2ccccc12. The Labute approximate surface area is 171 Å². The van der Waals surface area contributed by atoms with Gasteiger partial charge in [-0.05, 0) is 19.4 Å². The number of hydrogen-bond donors (Lipinski definition) is 0. The second-order valence-electron chi connectivity index (χ2n) is 7.77. The van der Waals surface area contributed by atoms with Crippen molar-refractivity contribution in [3.8, 4) is 0 Å². The minimum atomic E-state index is -0.261. The lowest BCUT2D eigenvalue weighted by Gasteiger charge is -2.25. The van der Waals surface area contributed by atoms with Crippen LogP contribution in [0, 0.1) is 6.92 Å². The van der Waals surface area contributed by atoms with Crippen molar-refractivity contribution in [2.75, 3.05) is 6.54 Å². The first-order chi connectivity index (χ1) is 14.5. The summed E-state index contributed by atoms with van der Waals surface area (Å²) in [6.07, 6.45) is 0.931. The number of aromatic nitrogens is 4. The second kappa shape index (κ2) is 6.75. The lowest BCUT2D eigenvalue weighted by atomic mass is 10.1. The Morgan fingerprint density at radius 2 is 1.93 bits per heavy atom. The molecule has 2 aliphatic rings. The number of likely N-dealkylation sites (tertiary alicyclic amines) is 2. The molecule has 0 saturated carbocycles. The molecule has 5 rings (SSSR count). The largest absolute Gasteiger partial charge is 0.332 e. The van der Waals surface area contributed by atoms with E-state index in [4.69, 9.17) is 4.63 Å². The van der Waals surface area contributed by atoms with Crippen LogP contribution in [0.5, 0.6) is 0 Å². The maximum absolute atomic E-state index is 13.4. The summed E-state index contributed by atoms with van der Waals surface area (Å²) in [5, 5.41) is 12.9. The molecule has 154 valence electrons. The third-order valence-electron chi connectivity index (χ3n) is 6.10. The molecule has 2 atom stereocenters. The van der Waals surface area contributed by atoms with Gasteiger partial charge in [0.1, 0.15) is 11.4 Å². The fraction of sp³-hybridized carbons (Fsp3) is 0.400. The third-order valence-corrected chi connectivity index (χ3v) is 6.10. The summed E-state index contributed by atoms with van der Waals surface area (Å²) in [5.41, 5.74) is 1.26. The molecule has 10 nitrogen and oxygen atoms in total. The zero-order valence-corrected chi connectivity index (χ0v) is 16.6. The second-order valence-corrected chi connectivity index (χ2v) is 7.77. The van der Waals surface area contributed by atoms with E-state index in [1.807, 2.05) is 0 Å². The maximum atomic E-state index is 13.4. The molecule has 0 spiro atoms. The first kappa shape index (κ1) is 18.5. The number of fused-ring (bicyclic) bond motifs is 2. The molecule has 2 amide bonds. The van der Waals surface area contributed by atoms with Crippen LogP contribution < -0.4 is 5.56 Å². The van der Waals surface area contributed by atoms with Gasteiger partial charge >= 0.3 is 0 Å². The number of carbonyl (C=O) groups is 2. The van der Waals surface area contributed by atoms with Crippen LogP contribution >= 0.6 is 0 Å². The molecule has 0 N–H and O–H groups in total. The summed E-state index contributed by atoms with van der Waals surface area (Å²) in [6.45, 7) is 2.62. The molecular weight excluding hydrogens is 388 g/mol. The van der Waals surface area contributed by atoms with Crippen LogP contribution in [-0.2, 0) is 18.4 Å². The molecule has 1 aromatic carbocycles. The number of nitrogens with zero attached hydrogens (tertiary/aromatic N) is 6. The van der Waals surface area contributed by atoms with Crippen molar-refractivity contribution in [1.29, 1.82) is 0 Å². The Morgan fingerprint density at radius 1 is 1.17 bits per heavy atom. The van der Waals surface area contributed by atoms with Crippen LogP contribution in [0.2, 0.25) is 0 Å². The number of amides is 2. The molecule has 10 heteroatoms. The highest BCUT2D eigenvalue weighted by Gasteiger charge is 2.49. The molecule has 4 heterocycles. The van der Waals surface area contributed by atoms with Crippen molar-refractivity contribution >= 4 is 22.6 Å². The van der Waals surface area contributed by atoms with Gasteiger partial charge in [0.2, 0.25) is 5.91 Å². The molecule has 3 aromatic rings. The average Bonchev–Trinajstić information content (AvgIpc) is 3.41. The van der Waals surface area contributed by atoms with E-state index >= 15 is 0 Å². The highest BCUT2D eigenvalue weighted by Crippen LogP contribution is 2.34. The van der Waals surface area contributed by atoms with Gasteiger partial charge in [-0.15, -0.1) is 0 Å². The van der Waals surface area contributed by atoms with Gasteiger partial charge < -0.3 is 9.80 Å². The van der Waals surface area contributed by atoms with E-state index in [1.54, 1.807) is 41.0 Å². The van der Waals surface area contributed by atoms with Gasteiger partial charge in [0.05, 0.1) is 24.0 Å². The van der Waals surface area contributed by atoms with Crippen molar-refractivity contribution in [2.45, 2.75) is 38.4 Å². The molecule has 0 aliphatic carbocycles. The Balaban J connectivity index is 1.46. The monoisotopic (exact) mass is 408 g/mol. The summed E-state index contributed by atoms with van der Waals surface area (Å²) in [6, 6.07) is 6.65. The van der Waals surface area contributed by atoms with Crippen LogP contribution in [0.1, 0.15) is 34.7 Å². The van der Waals surface area contributed by atoms with Crippen molar-refractivity contribution < 1.29 is 14.2 Å². The smallest absolute Gasteiger partial charge is 0.275 e. The summed E-state index contributed by atoms with van der Waals surface area (Å²) >= 11 is 0. The van der Waals surface area contributed by atoms with Crippen LogP contribution in [-0.4, -0.2) is 60.3 Å². The zero-order valence-electron chi connectivity index (χ0n) is 16.6. The summed E-state index contributed by atoms with van der Waals surface area (Å²) in [5.74, 6) is -0.286. The van der Waals surface area contributed by atoms with E-state index in [0.29, 0.717) is 41.7 Å². The molecule has 2 saturated heterocycles. The first-order valence-corrected chi connectivity index (χ1v) is 9.80. The van der Waals surface area contributed by atoms with E-state index in [0.717, 1.165) is 0 Å². The predicted molar refractivity (Wildman–Crippen MR) is 104 cm³/mol. The normalized spacial score (nSPS) is 20.9. The highest BCUT2D eigenvalue weighted by atomic mass is 16.6. The lowest BCUT2D eigenvalue weighted by Crippen LogP contribution is -2.40. The van der Waals surface area contributed by atoms with Crippen molar-refractivity contribution in [3.05, 3.63) is 51.7 Å². The maximum Gasteiger partial charge on any atom is 0.275 e. The molecule has 0 unspecified atom stereocenters. The van der Waals surface area contributed by atoms with E-state index in [9.17, 15) is 14.4 Å². The van der Waals surface area contributed by atoms with Crippen LogP contribution in [0.3, 0.4) is 0 Å². The Bertz CT molecular complexity index is 1230. The van der Waals surface area contributed by atoms with Gasteiger partial charge in [0, 0.05) is 25.4 Å². The number of hydrogen-bond acceptors (Lipinski definition) is 7. The third kappa shape index (κ3) is 2.71. The van der Waals surface area contributed by atoms with Crippen LogP contribution in [0.15, 0.2) is 33.7 Å². The van der Waals surface area contributed by atoms with E-state index in [2.05, 4.69) is 15.4 Å². The molecule has 2 aromatic heterocycles. The molecule has 2 aliphatic heterocycles. The summed E-state index contributed by atoms with van der Waals surface area (Å²) < 4.78 is 5.93. The van der Waals surface area contributed by atoms with E-state index < -0.39 is 0 Å². The fourth-order valence-electron chi connectivity index (χ4n) is 4.53. The molecule has 30 heavy (non-hydrogen) atoms. The molecular formula is C20H20N6O4. The standard InChI is InChI=1S/C20H20N6O4/c1-11-14(23-30-22-11)10-26-15-7-8-25(16(15)9-17(26)27)20(29)18-12-5-3-4-6-13(12)19(28)24(2)21-18/h3-6,15-16H,7-10H2,1-2H3/t15-,16-/m0/s1. The highest BCUT2D eigenvalue weighted by molar-refractivity contribution is 6.05. The number of aryl methyl sites for hydroxylation is 2. The molecule has 0 bridgehead atoms. The minimum absolute atomic E-state index is 0.0248. The topological polar surface area (TPSA) is 114 Å². The first-order valence-electron chi connectivity index (χ1n) is 9.80. The summed E-state index contributed by atoms with van der Waals surface area (Å²) in [7, 11) is 1.54. The zero-order chi connectivity index (χ0) is 21.0. The molecule has 0 radical (unpaired) electrons. The molecule has 2 fully saturated rings. The van der Waals surface area contributed by atoms with Gasteiger partial charge in [-0.2, -0.15) is 5.10 Å². The Kier molecular flexibility index (Phi) is 4.16. The van der Waals surface area contributed by atoms with Gasteiger partial charge in [-0.1, -0.05) is 28.5 Å². The van der Waals surface area contributed by atoms with Gasteiger partial charge in [0.15, 0.2) is 5.69 Å². The van der Waals surface area contributed by atoms with Gasteiger partial charge in [-0.3, -0.25) is 14.4 Å². The number of rotatable bonds is 3. The number of carbonyl (C=O) groups excluding carboxylic acids is 2. The average molecular weight is 408 g/mol. The van der Waals surface area contributed by atoms with Crippen LogP contribution in [0.4, 0.5) is 0 Å². The lowest BCUT2D eigenvalue weighted by molar-refractivity contribution is -0.129. The quantitative estimate of drug-likeness (QED) is 0.625. The number of benzene rings is 1. The Hall–Kier alpha value is -3.56. The minimum Gasteiger partial charge on any atom is -0.332 e. The van der Waals surface area contributed by atoms with Gasteiger partial charge in [0.25, 0.3) is 11.5 Å². The fourth-order valence-corrected chi connectivity index (χ4v) is 4.53. The van der Waals surface area contributed by atoms with E-state index in [-0.39, 0.29) is 41.6 Å². The van der Waals surface area contributed by atoms with Crippen molar-refractivity contribution in [3.63, 3.8) is 0 Å². The van der Waals surface area contributed by atoms with Crippen molar-refractivity contribution in [1.82, 2.24) is 29.9 Å². The van der Waals surface area contributed by atoms with Crippen molar-refractivity contribution in [2.24, 2.45) is 7.05 Å². The Morgan fingerprint density at radius 3 is 2.67 bits per heavy atom.